The number of likely N-dealkylation sites (tertiary alicyclic amines) is 1. The van der Waals surface area contributed by atoms with E-state index < -0.39 is 0 Å². The van der Waals surface area contributed by atoms with Crippen LogP contribution in [-0.2, 0) is 0 Å². The monoisotopic (exact) mass is 196 g/mol. The molecule has 14 heavy (non-hydrogen) atoms. The third-order valence-corrected chi connectivity index (χ3v) is 4.32. The van der Waals surface area contributed by atoms with Crippen LogP contribution in [0.2, 0.25) is 0 Å². The van der Waals surface area contributed by atoms with E-state index in [0.717, 1.165) is 12.0 Å². The molecule has 2 rings (SSSR count). The van der Waals surface area contributed by atoms with Crippen LogP contribution in [0, 0.1) is 5.92 Å². The summed E-state index contributed by atoms with van der Waals surface area (Å²) in [5.41, 5.74) is 5.98. The second kappa shape index (κ2) is 4.19. The number of hydrogen-bond donors (Lipinski definition) is 1. The van der Waals surface area contributed by atoms with Crippen LogP contribution in [0.4, 0.5) is 0 Å². The summed E-state index contributed by atoms with van der Waals surface area (Å²) < 4.78 is 0. The van der Waals surface area contributed by atoms with Crippen LogP contribution in [0.3, 0.4) is 0 Å². The van der Waals surface area contributed by atoms with E-state index in [4.69, 9.17) is 5.73 Å². The van der Waals surface area contributed by atoms with Crippen molar-refractivity contribution in [3.05, 3.63) is 0 Å². The summed E-state index contributed by atoms with van der Waals surface area (Å²) in [5, 5.41) is 0. The van der Waals surface area contributed by atoms with Crippen LogP contribution >= 0.6 is 0 Å². The van der Waals surface area contributed by atoms with Crippen molar-refractivity contribution in [1.82, 2.24) is 4.90 Å². The van der Waals surface area contributed by atoms with Gasteiger partial charge in [0, 0.05) is 24.7 Å². The molecule has 1 aliphatic heterocycles. The maximum absolute atomic E-state index is 5.98. The lowest BCUT2D eigenvalue weighted by atomic mass is 9.78. The van der Waals surface area contributed by atoms with Crippen LogP contribution in [-0.4, -0.2) is 29.6 Å². The molecule has 2 heteroatoms. The van der Waals surface area contributed by atoms with Crippen molar-refractivity contribution < 1.29 is 0 Å². The van der Waals surface area contributed by atoms with Gasteiger partial charge in [0.2, 0.25) is 0 Å². The molecular formula is C12H24N2. The van der Waals surface area contributed by atoms with E-state index in [9.17, 15) is 0 Å². The minimum atomic E-state index is 0.454. The molecule has 1 saturated heterocycles. The third-order valence-electron chi connectivity index (χ3n) is 4.32. The summed E-state index contributed by atoms with van der Waals surface area (Å²) in [6.07, 6.45) is 6.75. The second-order valence-corrected chi connectivity index (χ2v) is 5.30. The fourth-order valence-electron chi connectivity index (χ4n) is 3.02. The Bertz CT molecular complexity index is 189. The molecule has 2 N–H and O–H groups in total. The van der Waals surface area contributed by atoms with Gasteiger partial charge in [-0.3, -0.25) is 4.90 Å². The van der Waals surface area contributed by atoms with Crippen molar-refractivity contribution in [3.63, 3.8) is 0 Å². The average molecular weight is 196 g/mol. The van der Waals surface area contributed by atoms with E-state index in [0.29, 0.717) is 12.1 Å². The Hall–Kier alpha value is -0.0800. The maximum Gasteiger partial charge on any atom is 0.00980 e. The number of nitrogens with two attached hydrogens (primary N) is 1. The molecule has 1 saturated carbocycles. The molecule has 0 spiro atoms. The molecule has 82 valence electrons. The SMILES string of the molecule is CC1CC(N)CCN1C(C)C1CCC1. The van der Waals surface area contributed by atoms with Gasteiger partial charge in [0.25, 0.3) is 0 Å². The maximum atomic E-state index is 5.98. The first kappa shape index (κ1) is 10.4. The van der Waals surface area contributed by atoms with Crippen LogP contribution in [0.15, 0.2) is 0 Å². The predicted molar refractivity (Wildman–Crippen MR) is 60.2 cm³/mol. The number of rotatable bonds is 2. The Kier molecular flexibility index (Phi) is 3.13. The summed E-state index contributed by atoms with van der Waals surface area (Å²) in [5.74, 6) is 0.978. The molecule has 0 aromatic rings. The number of piperidine rings is 1. The largest absolute Gasteiger partial charge is 0.328 e. The molecule has 1 heterocycles. The quantitative estimate of drug-likeness (QED) is 0.732. The van der Waals surface area contributed by atoms with Crippen molar-refractivity contribution in [2.75, 3.05) is 6.54 Å². The predicted octanol–water partition coefficient (Wildman–Crippen LogP) is 1.99. The Labute approximate surface area is 87.8 Å². The Morgan fingerprint density at radius 3 is 2.50 bits per heavy atom. The molecule has 0 aromatic carbocycles. The Balaban J connectivity index is 1.89. The first-order valence-electron chi connectivity index (χ1n) is 6.20. The topological polar surface area (TPSA) is 29.3 Å². The summed E-state index contributed by atoms with van der Waals surface area (Å²) in [6, 6.07) is 1.95. The fraction of sp³-hybridized carbons (Fsp3) is 1.00. The van der Waals surface area contributed by atoms with Gasteiger partial charge < -0.3 is 5.73 Å². The number of hydrogen-bond acceptors (Lipinski definition) is 2. The fourth-order valence-corrected chi connectivity index (χ4v) is 3.02. The van der Waals surface area contributed by atoms with Crippen molar-refractivity contribution in [2.45, 2.75) is 64.1 Å². The van der Waals surface area contributed by atoms with Crippen LogP contribution in [0.5, 0.6) is 0 Å². The van der Waals surface area contributed by atoms with Gasteiger partial charge in [-0.15, -0.1) is 0 Å². The molecule has 3 unspecified atom stereocenters. The highest BCUT2D eigenvalue weighted by Gasteiger charge is 2.33. The lowest BCUT2D eigenvalue weighted by Crippen LogP contribution is -2.52. The van der Waals surface area contributed by atoms with Crippen LogP contribution < -0.4 is 5.73 Å². The molecular weight excluding hydrogens is 172 g/mol. The summed E-state index contributed by atoms with van der Waals surface area (Å²) >= 11 is 0. The van der Waals surface area contributed by atoms with Crippen LogP contribution in [0.1, 0.15) is 46.0 Å². The van der Waals surface area contributed by atoms with Gasteiger partial charge in [0.15, 0.2) is 0 Å². The minimum absolute atomic E-state index is 0.454. The second-order valence-electron chi connectivity index (χ2n) is 5.30. The molecule has 0 radical (unpaired) electrons. The summed E-state index contributed by atoms with van der Waals surface area (Å²) in [4.78, 5) is 2.69. The standard InChI is InChI=1S/C12H24N2/c1-9-8-12(13)6-7-14(9)10(2)11-4-3-5-11/h9-12H,3-8,13H2,1-2H3. The summed E-state index contributed by atoms with van der Waals surface area (Å²) in [6.45, 7) is 5.98. The van der Waals surface area contributed by atoms with Crippen molar-refractivity contribution in [1.29, 1.82) is 0 Å². The normalized spacial score (nSPS) is 37.9. The van der Waals surface area contributed by atoms with Gasteiger partial charge >= 0.3 is 0 Å². The van der Waals surface area contributed by atoms with E-state index in [-0.39, 0.29) is 0 Å². The lowest BCUT2D eigenvalue weighted by Gasteiger charge is -2.45. The van der Waals surface area contributed by atoms with Gasteiger partial charge in [-0.1, -0.05) is 6.42 Å². The van der Waals surface area contributed by atoms with Gasteiger partial charge in [-0.05, 0) is 45.4 Å². The Morgan fingerprint density at radius 1 is 1.29 bits per heavy atom. The van der Waals surface area contributed by atoms with Crippen molar-refractivity contribution in [2.24, 2.45) is 11.7 Å². The zero-order valence-electron chi connectivity index (χ0n) is 9.58. The first-order valence-corrected chi connectivity index (χ1v) is 6.20. The molecule has 2 fully saturated rings. The zero-order valence-corrected chi connectivity index (χ0v) is 9.58. The van der Waals surface area contributed by atoms with Gasteiger partial charge in [0.05, 0.1) is 0 Å². The molecule has 0 aromatic heterocycles. The molecule has 2 aliphatic rings. The van der Waals surface area contributed by atoms with E-state index >= 15 is 0 Å². The molecule has 3 atom stereocenters. The molecule has 2 nitrogen and oxygen atoms in total. The van der Waals surface area contributed by atoms with E-state index in [1.54, 1.807) is 0 Å². The lowest BCUT2D eigenvalue weighted by molar-refractivity contribution is 0.0466. The molecule has 0 bridgehead atoms. The van der Waals surface area contributed by atoms with Gasteiger partial charge in [-0.25, -0.2) is 0 Å². The highest BCUT2D eigenvalue weighted by atomic mass is 15.2. The third kappa shape index (κ3) is 1.96. The highest BCUT2D eigenvalue weighted by Crippen LogP contribution is 2.34. The smallest absolute Gasteiger partial charge is 0.00980 e. The zero-order chi connectivity index (χ0) is 10.1. The van der Waals surface area contributed by atoms with E-state index in [1.165, 1.54) is 38.6 Å². The summed E-state index contributed by atoms with van der Waals surface area (Å²) in [7, 11) is 0. The van der Waals surface area contributed by atoms with Crippen LogP contribution in [0.25, 0.3) is 0 Å². The van der Waals surface area contributed by atoms with Gasteiger partial charge in [0.1, 0.15) is 0 Å². The average Bonchev–Trinajstić information content (AvgIpc) is 2.00. The molecule has 1 aliphatic carbocycles. The Morgan fingerprint density at radius 2 is 2.00 bits per heavy atom. The van der Waals surface area contributed by atoms with Crippen molar-refractivity contribution in [3.8, 4) is 0 Å². The molecule has 0 amide bonds. The van der Waals surface area contributed by atoms with Crippen molar-refractivity contribution >= 4 is 0 Å². The number of nitrogens with zero attached hydrogens (tertiary/aromatic N) is 1. The highest BCUT2D eigenvalue weighted by molar-refractivity contribution is 4.88. The van der Waals surface area contributed by atoms with E-state index in [1.807, 2.05) is 0 Å². The minimum Gasteiger partial charge on any atom is -0.328 e. The first-order chi connectivity index (χ1) is 6.68. The van der Waals surface area contributed by atoms with E-state index in [2.05, 4.69) is 18.7 Å². The van der Waals surface area contributed by atoms with Gasteiger partial charge in [-0.2, -0.15) is 0 Å².